The lowest BCUT2D eigenvalue weighted by atomic mass is 9.99. The van der Waals surface area contributed by atoms with Crippen LogP contribution in [0.2, 0.25) is 0 Å². The Hall–Kier alpha value is -3.73. The minimum absolute atomic E-state index is 0.0622. The van der Waals surface area contributed by atoms with Crippen LogP contribution in [0.4, 0.5) is 0 Å². The van der Waals surface area contributed by atoms with Crippen molar-refractivity contribution in [1.82, 2.24) is 0 Å². The van der Waals surface area contributed by atoms with E-state index in [9.17, 15) is 45.6 Å². The first kappa shape index (κ1) is 33.6. The molecule has 2 fully saturated rings. The summed E-state index contributed by atoms with van der Waals surface area (Å²) in [6.07, 6.45) is -12.6. The average Bonchev–Trinajstić information content (AvgIpc) is 3.01. The minimum Gasteiger partial charge on any atom is -0.508 e. The molecule has 0 bridgehead atoms. The number of rotatable bonds is 7. The van der Waals surface area contributed by atoms with Gasteiger partial charge in [-0.05, 0) is 58.4 Å². The van der Waals surface area contributed by atoms with E-state index in [0.29, 0.717) is 0 Å². The molecule has 0 radical (unpaired) electrons. The summed E-state index contributed by atoms with van der Waals surface area (Å²) >= 11 is 0. The molecule has 2 aliphatic rings. The van der Waals surface area contributed by atoms with Gasteiger partial charge in [-0.2, -0.15) is 0 Å². The van der Waals surface area contributed by atoms with Crippen molar-refractivity contribution in [2.45, 2.75) is 95.5 Å². The number of allylic oxidation sites excluding steroid dienone is 2. The van der Waals surface area contributed by atoms with Crippen molar-refractivity contribution in [3.63, 3.8) is 0 Å². The molecule has 8 N–H and O–H groups in total. The van der Waals surface area contributed by atoms with Crippen molar-refractivity contribution in [2.75, 3.05) is 0 Å². The Labute approximate surface area is 262 Å². The highest BCUT2D eigenvalue weighted by Crippen LogP contribution is 2.41. The van der Waals surface area contributed by atoms with E-state index in [1.54, 1.807) is 6.08 Å². The van der Waals surface area contributed by atoms with Crippen LogP contribution in [0.5, 0.6) is 23.0 Å². The van der Waals surface area contributed by atoms with E-state index in [-0.39, 0.29) is 45.8 Å². The summed E-state index contributed by atoms with van der Waals surface area (Å²) in [5.74, 6) is -1.47. The van der Waals surface area contributed by atoms with Crippen molar-refractivity contribution in [3.05, 3.63) is 57.8 Å². The highest BCUT2D eigenvalue weighted by atomic mass is 16.7. The number of aliphatic hydroxyl groups excluding tert-OH is 6. The molecule has 2 saturated heterocycles. The maximum Gasteiger partial charge on any atom is 0.239 e. The summed E-state index contributed by atoms with van der Waals surface area (Å²) in [5.41, 5.74) is 0.329. The Morgan fingerprint density at radius 3 is 1.89 bits per heavy atom. The molecular formula is C32H38O14. The molecule has 10 unspecified atom stereocenters. The molecule has 3 aromatic rings. The van der Waals surface area contributed by atoms with Crippen LogP contribution in [0.25, 0.3) is 22.3 Å². The predicted molar refractivity (Wildman–Crippen MR) is 160 cm³/mol. The largest absolute Gasteiger partial charge is 0.508 e. The van der Waals surface area contributed by atoms with Crippen LogP contribution in [-0.4, -0.2) is 102 Å². The second kappa shape index (κ2) is 13.2. The molecule has 10 atom stereocenters. The number of benzene rings is 2. The Kier molecular flexibility index (Phi) is 9.63. The molecule has 0 aliphatic carbocycles. The molecule has 0 saturated carbocycles. The van der Waals surface area contributed by atoms with E-state index in [0.717, 1.165) is 11.6 Å². The Morgan fingerprint density at radius 2 is 1.35 bits per heavy atom. The van der Waals surface area contributed by atoms with Crippen LogP contribution in [0.1, 0.15) is 33.3 Å². The fourth-order valence-electron chi connectivity index (χ4n) is 5.34. The molecule has 2 aromatic carbocycles. The lowest BCUT2D eigenvalue weighted by molar-refractivity contribution is -0.268. The van der Waals surface area contributed by atoms with Crippen LogP contribution in [0.15, 0.2) is 51.2 Å². The summed E-state index contributed by atoms with van der Waals surface area (Å²) in [4.78, 5) is 14.2. The molecule has 0 amide bonds. The van der Waals surface area contributed by atoms with E-state index in [4.69, 9.17) is 23.4 Å². The molecule has 14 nitrogen and oxygen atoms in total. The molecule has 1 aromatic heterocycles. The van der Waals surface area contributed by atoms with Crippen LogP contribution in [-0.2, 0) is 15.9 Å². The van der Waals surface area contributed by atoms with E-state index >= 15 is 0 Å². The van der Waals surface area contributed by atoms with E-state index in [1.165, 1.54) is 38.1 Å². The van der Waals surface area contributed by atoms with Crippen molar-refractivity contribution < 1.29 is 64.2 Å². The third kappa shape index (κ3) is 6.30. The highest BCUT2D eigenvalue weighted by molar-refractivity contribution is 5.91. The zero-order chi connectivity index (χ0) is 33.6. The first-order valence-electron chi connectivity index (χ1n) is 14.7. The second-order valence-corrected chi connectivity index (χ2v) is 11.8. The van der Waals surface area contributed by atoms with Crippen LogP contribution in [0.3, 0.4) is 0 Å². The molecule has 250 valence electrons. The molecule has 46 heavy (non-hydrogen) atoms. The van der Waals surface area contributed by atoms with Gasteiger partial charge >= 0.3 is 0 Å². The fourth-order valence-corrected chi connectivity index (χ4v) is 5.34. The van der Waals surface area contributed by atoms with Gasteiger partial charge in [0, 0.05) is 17.2 Å². The van der Waals surface area contributed by atoms with E-state index in [1.807, 2.05) is 13.8 Å². The van der Waals surface area contributed by atoms with Crippen molar-refractivity contribution in [2.24, 2.45) is 0 Å². The lowest BCUT2D eigenvalue weighted by Crippen LogP contribution is -2.58. The molecule has 3 heterocycles. The van der Waals surface area contributed by atoms with Gasteiger partial charge in [-0.1, -0.05) is 11.6 Å². The van der Waals surface area contributed by atoms with Crippen LogP contribution >= 0.6 is 0 Å². The smallest absolute Gasteiger partial charge is 0.239 e. The predicted octanol–water partition coefficient (Wildman–Crippen LogP) is 0.792. The Morgan fingerprint density at radius 1 is 0.804 bits per heavy atom. The first-order valence-corrected chi connectivity index (χ1v) is 14.7. The summed E-state index contributed by atoms with van der Waals surface area (Å²) in [6.45, 7) is 6.59. The zero-order valence-corrected chi connectivity index (χ0v) is 25.5. The summed E-state index contributed by atoms with van der Waals surface area (Å²) in [6, 6.07) is 6.65. The minimum atomic E-state index is -1.77. The topological polar surface area (TPSA) is 229 Å². The summed E-state index contributed by atoms with van der Waals surface area (Å²) in [5, 5.41) is 82.8. The lowest BCUT2D eigenvalue weighted by Gasteiger charge is -2.39. The van der Waals surface area contributed by atoms with Crippen LogP contribution < -0.4 is 14.9 Å². The Balaban J connectivity index is 1.71. The fraction of sp³-hybridized carbons (Fsp3) is 0.469. The van der Waals surface area contributed by atoms with Gasteiger partial charge in [0.2, 0.25) is 23.8 Å². The Bertz CT molecular complexity index is 1650. The number of fused-ring (bicyclic) bond motifs is 1. The molecule has 5 rings (SSSR count). The van der Waals surface area contributed by atoms with Gasteiger partial charge in [-0.25, -0.2) is 0 Å². The summed E-state index contributed by atoms with van der Waals surface area (Å²) in [7, 11) is 0. The third-order valence-electron chi connectivity index (χ3n) is 8.10. The highest BCUT2D eigenvalue weighted by Gasteiger charge is 2.45. The summed E-state index contributed by atoms with van der Waals surface area (Å²) < 4.78 is 29.2. The number of hydrogen-bond donors (Lipinski definition) is 8. The standard InChI is InChI=1S/C32H38O14/c1-12(2)5-10-17-19(44-31-26(40)24(38)21(35)13(3)42-31)11-18(34)20-23(37)30(46-32-27(41)25(39)22(36)14(4)43-32)28(45-29(17)20)15-6-8-16(33)9-7-15/h5-9,11,13-14,21-22,24-27,31-36,38-41H,10H2,1-4H3. The van der Waals surface area contributed by atoms with Gasteiger partial charge in [0.25, 0.3) is 0 Å². The molecule has 0 spiro atoms. The second-order valence-electron chi connectivity index (χ2n) is 11.8. The van der Waals surface area contributed by atoms with Crippen molar-refractivity contribution in [1.29, 1.82) is 0 Å². The van der Waals surface area contributed by atoms with Gasteiger partial charge < -0.3 is 64.2 Å². The maximum atomic E-state index is 14.2. The van der Waals surface area contributed by atoms with Gasteiger partial charge in [0.15, 0.2) is 5.76 Å². The molecular weight excluding hydrogens is 608 g/mol. The van der Waals surface area contributed by atoms with Gasteiger partial charge in [-0.15, -0.1) is 0 Å². The first-order chi connectivity index (χ1) is 21.7. The van der Waals surface area contributed by atoms with Crippen molar-refractivity contribution in [3.8, 4) is 34.3 Å². The number of aliphatic hydroxyl groups is 6. The average molecular weight is 647 g/mol. The zero-order valence-electron chi connectivity index (χ0n) is 25.5. The van der Waals surface area contributed by atoms with Crippen molar-refractivity contribution >= 4 is 11.0 Å². The number of phenols is 2. The third-order valence-corrected chi connectivity index (χ3v) is 8.10. The van der Waals surface area contributed by atoms with Gasteiger partial charge in [0.1, 0.15) is 64.8 Å². The maximum absolute atomic E-state index is 14.2. The SMILES string of the molecule is CC(C)=CCc1c(OC2OC(C)C(O)C(O)C2O)cc(O)c2c(=O)c(OC3OC(C)C(O)C(O)C3O)c(-c3ccc(O)cc3)oc12. The molecule has 14 heteroatoms. The van der Waals surface area contributed by atoms with Gasteiger partial charge in [0.05, 0.1) is 12.2 Å². The normalized spacial score (nSPS) is 31.4. The van der Waals surface area contributed by atoms with E-state index < -0.39 is 78.3 Å². The number of phenolic OH excluding ortho intramolecular Hbond substituents is 2. The number of hydrogen-bond acceptors (Lipinski definition) is 14. The van der Waals surface area contributed by atoms with Gasteiger partial charge in [-0.3, -0.25) is 4.79 Å². The van der Waals surface area contributed by atoms with Crippen LogP contribution in [0, 0.1) is 0 Å². The number of ether oxygens (including phenoxy) is 4. The quantitative estimate of drug-likeness (QED) is 0.166. The van der Waals surface area contributed by atoms with E-state index in [2.05, 4.69) is 0 Å². The molecule has 2 aliphatic heterocycles. The monoisotopic (exact) mass is 646 g/mol. The number of aromatic hydroxyl groups is 2.